The first-order chi connectivity index (χ1) is 13.5. The van der Waals surface area contributed by atoms with Crippen molar-refractivity contribution >= 4 is 34.2 Å². The first-order valence-corrected chi connectivity index (χ1v) is 10.1. The van der Waals surface area contributed by atoms with Gasteiger partial charge in [-0.3, -0.25) is 4.79 Å². The Morgan fingerprint density at radius 2 is 2.07 bits per heavy atom. The van der Waals surface area contributed by atoms with E-state index >= 15 is 0 Å². The molecule has 1 saturated carbocycles. The second-order valence-electron chi connectivity index (χ2n) is 8.04. The van der Waals surface area contributed by atoms with Crippen LogP contribution in [0.1, 0.15) is 48.2 Å². The minimum atomic E-state index is -0.278. The monoisotopic (exact) mass is 396 g/mol. The van der Waals surface area contributed by atoms with E-state index in [4.69, 9.17) is 21.3 Å². The van der Waals surface area contributed by atoms with E-state index in [1.165, 1.54) is 6.42 Å². The summed E-state index contributed by atoms with van der Waals surface area (Å²) in [6.07, 6.45) is 5.37. The van der Waals surface area contributed by atoms with Crippen LogP contribution in [-0.2, 0) is 5.54 Å². The van der Waals surface area contributed by atoms with Gasteiger partial charge in [-0.05, 0) is 25.0 Å². The number of carbonyl (C=O) groups is 1. The lowest BCUT2D eigenvalue weighted by atomic mass is 9.74. The Balaban J connectivity index is 1.63. The molecule has 2 aromatic rings. The maximum Gasteiger partial charge on any atom is 0.289 e. The van der Waals surface area contributed by atoms with Gasteiger partial charge in [0.2, 0.25) is 0 Å². The molecule has 0 unspecified atom stereocenters. The van der Waals surface area contributed by atoms with Crippen molar-refractivity contribution in [2.45, 2.75) is 37.6 Å². The van der Waals surface area contributed by atoms with E-state index in [1.807, 2.05) is 6.07 Å². The van der Waals surface area contributed by atoms with E-state index in [0.717, 1.165) is 48.1 Å². The molecule has 2 fully saturated rings. The summed E-state index contributed by atoms with van der Waals surface area (Å²) in [4.78, 5) is 14.4. The predicted molar refractivity (Wildman–Crippen MR) is 107 cm³/mol. The highest BCUT2D eigenvalue weighted by Gasteiger charge is 2.42. The Morgan fingerprint density at radius 3 is 2.79 bits per heavy atom. The van der Waals surface area contributed by atoms with Crippen molar-refractivity contribution in [2.75, 3.05) is 18.4 Å². The molecule has 1 aromatic carbocycles. The number of nitriles is 1. The summed E-state index contributed by atoms with van der Waals surface area (Å²) in [6, 6.07) is 5.80. The zero-order valence-corrected chi connectivity index (χ0v) is 16.2. The minimum absolute atomic E-state index is 0.0829. The quantitative estimate of drug-likeness (QED) is 0.749. The van der Waals surface area contributed by atoms with Crippen LogP contribution in [0, 0.1) is 17.2 Å². The van der Waals surface area contributed by atoms with E-state index in [2.05, 4.69) is 23.3 Å². The van der Waals surface area contributed by atoms with Gasteiger partial charge in [-0.2, -0.15) is 5.26 Å². The van der Waals surface area contributed by atoms with Crippen LogP contribution in [0.15, 0.2) is 28.9 Å². The molecule has 1 amide bonds. The Morgan fingerprint density at radius 1 is 1.32 bits per heavy atom. The maximum atomic E-state index is 12.8. The summed E-state index contributed by atoms with van der Waals surface area (Å²) in [7, 11) is 0. The zero-order chi connectivity index (χ0) is 19.5. The molecule has 28 heavy (non-hydrogen) atoms. The number of benzene rings is 1. The number of anilines is 1. The molecule has 1 aromatic heterocycles. The first kappa shape index (κ1) is 17.4. The summed E-state index contributed by atoms with van der Waals surface area (Å²) in [5.41, 5.74) is 2.25. The smallest absolute Gasteiger partial charge is 0.289 e. The number of rotatable bonds is 1. The maximum absolute atomic E-state index is 12.8. The topological polar surface area (TPSA) is 81.3 Å². The molecule has 1 spiro atoms. The van der Waals surface area contributed by atoms with Crippen LogP contribution in [0.4, 0.5) is 5.69 Å². The first-order valence-electron chi connectivity index (χ1n) is 9.70. The van der Waals surface area contributed by atoms with E-state index in [1.54, 1.807) is 11.0 Å². The predicted octanol–water partition coefficient (Wildman–Crippen LogP) is 4.33. The fraction of sp³-hybridized carbons (Fsp3) is 0.429. The molecule has 6 nitrogen and oxygen atoms in total. The summed E-state index contributed by atoms with van der Waals surface area (Å²) in [5.74, 6) is 0.778. The molecule has 5 rings (SSSR count). The van der Waals surface area contributed by atoms with Crippen molar-refractivity contribution in [1.82, 2.24) is 10.2 Å². The number of halogens is 1. The Labute approximate surface area is 168 Å². The lowest BCUT2D eigenvalue weighted by Gasteiger charge is -2.44. The fourth-order valence-electron chi connectivity index (χ4n) is 4.78. The number of likely N-dealkylation sites (tertiary alicyclic amines) is 1. The van der Waals surface area contributed by atoms with Crippen LogP contribution >= 0.6 is 11.6 Å². The van der Waals surface area contributed by atoms with Crippen molar-refractivity contribution in [3.05, 3.63) is 40.9 Å². The molecule has 3 heterocycles. The Bertz CT molecular complexity index is 1040. The molecule has 0 bridgehead atoms. The summed E-state index contributed by atoms with van der Waals surface area (Å²) < 4.78 is 6.13. The summed E-state index contributed by atoms with van der Waals surface area (Å²) in [6.45, 7) is 4.99. The highest BCUT2D eigenvalue weighted by molar-refractivity contribution is 6.34. The van der Waals surface area contributed by atoms with Crippen LogP contribution in [0.25, 0.3) is 11.0 Å². The lowest BCUT2D eigenvalue weighted by Crippen LogP contribution is -2.49. The van der Waals surface area contributed by atoms with Gasteiger partial charge >= 0.3 is 0 Å². The largest absolute Gasteiger partial charge is 0.450 e. The average molecular weight is 397 g/mol. The molecular formula is C21H21ClN4O2. The van der Waals surface area contributed by atoms with Gasteiger partial charge in [0.05, 0.1) is 34.1 Å². The van der Waals surface area contributed by atoms with Crippen LogP contribution in [0.2, 0.25) is 5.02 Å². The number of nitrogens with zero attached hydrogens (tertiary/aromatic N) is 2. The van der Waals surface area contributed by atoms with Crippen LogP contribution < -0.4 is 10.6 Å². The van der Waals surface area contributed by atoms with Crippen molar-refractivity contribution in [3.8, 4) is 6.07 Å². The van der Waals surface area contributed by atoms with Gasteiger partial charge in [0.1, 0.15) is 5.58 Å². The van der Waals surface area contributed by atoms with Gasteiger partial charge in [-0.15, -0.1) is 0 Å². The normalized spacial score (nSPS) is 20.9. The summed E-state index contributed by atoms with van der Waals surface area (Å²) >= 11 is 6.61. The Hall–Kier alpha value is -2.65. The van der Waals surface area contributed by atoms with Crippen molar-refractivity contribution < 1.29 is 9.21 Å². The van der Waals surface area contributed by atoms with E-state index in [9.17, 15) is 4.79 Å². The third-order valence-electron chi connectivity index (χ3n) is 6.17. The Kier molecular flexibility index (Phi) is 3.85. The number of nitrogens with one attached hydrogen (secondary N) is 2. The molecule has 7 heteroatoms. The van der Waals surface area contributed by atoms with Gasteiger partial charge in [0, 0.05) is 24.0 Å². The highest BCUT2D eigenvalue weighted by atomic mass is 35.5. The molecule has 3 aliphatic rings. The molecule has 144 valence electrons. The number of hydrogen-bond donors (Lipinski definition) is 2. The van der Waals surface area contributed by atoms with Gasteiger partial charge < -0.3 is 20.0 Å². The fourth-order valence-corrected chi connectivity index (χ4v) is 5.04. The van der Waals surface area contributed by atoms with Crippen LogP contribution in [-0.4, -0.2) is 23.9 Å². The van der Waals surface area contributed by atoms with Crippen LogP contribution in [0.3, 0.4) is 0 Å². The van der Waals surface area contributed by atoms with Crippen molar-refractivity contribution in [3.63, 3.8) is 0 Å². The molecule has 0 radical (unpaired) electrons. The number of carbonyl (C=O) groups excluding carboxylic acids is 1. The summed E-state index contributed by atoms with van der Waals surface area (Å²) in [5, 5.41) is 17.2. The minimum Gasteiger partial charge on any atom is -0.450 e. The van der Waals surface area contributed by atoms with Gasteiger partial charge in [0.25, 0.3) is 5.91 Å². The standard InChI is InChI=1S/C21H21ClN4O2/c1-12-24-18-15(22)7-14-8-16(20(27)26-10-13(9-23)11-26)28-19(14)17(18)21(25-12)5-3-2-4-6-21/h7-8,13,24-25H,1-6,10-11H2. The third kappa shape index (κ3) is 2.50. The van der Waals surface area contributed by atoms with E-state index < -0.39 is 0 Å². The zero-order valence-electron chi connectivity index (χ0n) is 15.5. The number of furan rings is 1. The van der Waals surface area contributed by atoms with Crippen molar-refractivity contribution in [1.29, 1.82) is 5.26 Å². The van der Waals surface area contributed by atoms with E-state index in [0.29, 0.717) is 29.5 Å². The third-order valence-corrected chi connectivity index (χ3v) is 6.47. The van der Waals surface area contributed by atoms with Gasteiger partial charge in [0.15, 0.2) is 5.76 Å². The highest BCUT2D eigenvalue weighted by Crippen LogP contribution is 2.49. The second-order valence-corrected chi connectivity index (χ2v) is 8.45. The molecule has 1 aliphatic carbocycles. The average Bonchev–Trinajstić information content (AvgIpc) is 3.05. The second kappa shape index (κ2) is 6.18. The molecule has 2 aliphatic heterocycles. The lowest BCUT2D eigenvalue weighted by molar-refractivity contribution is 0.0546. The molecule has 1 saturated heterocycles. The van der Waals surface area contributed by atoms with E-state index in [-0.39, 0.29) is 17.4 Å². The number of hydrogen-bond acceptors (Lipinski definition) is 5. The SMILES string of the molecule is C=C1Nc2c(Cl)cc3cc(C(=O)N4CC(C#N)C4)oc3c2C2(CCCCC2)N1. The number of amides is 1. The van der Waals surface area contributed by atoms with Crippen LogP contribution in [0.5, 0.6) is 0 Å². The van der Waals surface area contributed by atoms with Gasteiger partial charge in [-0.1, -0.05) is 37.4 Å². The molecule has 2 N–H and O–H groups in total. The molecular weight excluding hydrogens is 376 g/mol. The number of fused-ring (bicyclic) bond motifs is 4. The molecule has 0 atom stereocenters. The van der Waals surface area contributed by atoms with Gasteiger partial charge in [-0.25, -0.2) is 0 Å². The van der Waals surface area contributed by atoms with Crippen molar-refractivity contribution in [2.24, 2.45) is 5.92 Å².